The van der Waals surface area contributed by atoms with Crippen LogP contribution in [-0.4, -0.2) is 62.4 Å². The van der Waals surface area contributed by atoms with E-state index in [1.165, 1.54) is 42.4 Å². The molecule has 33 heavy (non-hydrogen) atoms. The van der Waals surface area contributed by atoms with Crippen molar-refractivity contribution in [3.8, 4) is 0 Å². The van der Waals surface area contributed by atoms with E-state index in [1.807, 2.05) is 18.2 Å². The number of hydrogen-bond donors (Lipinski definition) is 0. The number of carbonyl (C=O) groups excluding carboxylic acids is 1. The second-order valence-corrected chi connectivity index (χ2v) is 9.63. The minimum atomic E-state index is -0.0104. The van der Waals surface area contributed by atoms with Gasteiger partial charge < -0.3 is 14.5 Å². The minimum Gasteiger partial charge on any atom is -0.378 e. The van der Waals surface area contributed by atoms with Crippen LogP contribution in [0, 0.1) is 0 Å². The molecule has 6 nitrogen and oxygen atoms in total. The van der Waals surface area contributed by atoms with Crippen LogP contribution in [0.2, 0.25) is 0 Å². The van der Waals surface area contributed by atoms with Crippen molar-refractivity contribution >= 4 is 46.0 Å². The van der Waals surface area contributed by atoms with Crippen LogP contribution in [0.5, 0.6) is 0 Å². The predicted octanol–water partition coefficient (Wildman–Crippen LogP) is 4.75. The van der Waals surface area contributed by atoms with Crippen LogP contribution in [-0.2, 0) is 9.53 Å². The maximum atomic E-state index is 12.8. The highest BCUT2D eigenvalue weighted by Gasteiger charge is 2.30. The number of likely N-dealkylation sites (N-methyl/N-ethyl adjacent to an activating group) is 1. The van der Waals surface area contributed by atoms with Gasteiger partial charge in [0.1, 0.15) is 0 Å². The molecule has 0 radical (unpaired) electrons. The number of amidine groups is 1. The zero-order valence-corrected chi connectivity index (χ0v) is 19.9. The molecule has 0 atom stereocenters. The van der Waals surface area contributed by atoms with Gasteiger partial charge in [-0.3, -0.25) is 9.69 Å². The highest BCUT2D eigenvalue weighted by atomic mass is 32.2. The van der Waals surface area contributed by atoms with E-state index in [0.717, 1.165) is 50.6 Å². The maximum Gasteiger partial charge on any atom is 0.266 e. The molecule has 0 N–H and O–H groups in total. The zero-order chi connectivity index (χ0) is 22.6. The van der Waals surface area contributed by atoms with Crippen molar-refractivity contribution in [2.75, 3.05) is 56.2 Å². The Morgan fingerprint density at radius 1 is 0.848 bits per heavy atom. The van der Waals surface area contributed by atoms with Crippen molar-refractivity contribution in [2.45, 2.75) is 19.3 Å². The minimum absolute atomic E-state index is 0.0104. The molecule has 0 aliphatic carbocycles. The summed E-state index contributed by atoms with van der Waals surface area (Å²) in [6, 6.07) is 16.7. The van der Waals surface area contributed by atoms with Crippen LogP contribution < -0.4 is 9.80 Å². The van der Waals surface area contributed by atoms with Gasteiger partial charge in [-0.25, -0.2) is 4.99 Å². The molecule has 3 fully saturated rings. The second-order valence-electron chi connectivity index (χ2n) is 8.62. The number of ether oxygens (including phenoxy) is 1. The van der Waals surface area contributed by atoms with Gasteiger partial charge in [-0.05, 0) is 79.1 Å². The Kier molecular flexibility index (Phi) is 6.69. The number of amides is 1. The monoisotopic (exact) mass is 462 g/mol. The molecule has 1 amide bonds. The summed E-state index contributed by atoms with van der Waals surface area (Å²) in [7, 11) is 1.79. The summed E-state index contributed by atoms with van der Waals surface area (Å²) in [4.78, 5) is 24.6. The van der Waals surface area contributed by atoms with E-state index in [4.69, 9.17) is 9.73 Å². The van der Waals surface area contributed by atoms with E-state index in [2.05, 4.69) is 46.2 Å². The van der Waals surface area contributed by atoms with Gasteiger partial charge in [0.05, 0.1) is 23.8 Å². The summed E-state index contributed by atoms with van der Waals surface area (Å²) in [5.74, 6) is -0.0104. The lowest BCUT2D eigenvalue weighted by molar-refractivity contribution is -0.121. The lowest BCUT2D eigenvalue weighted by Gasteiger charge is -2.28. The molecule has 5 rings (SSSR count). The van der Waals surface area contributed by atoms with Gasteiger partial charge in [-0.1, -0.05) is 12.1 Å². The standard InChI is InChI=1S/C26H30N4O2S/c1-28-25(31)24(19-20-5-9-22(10-6-20)29-13-3-2-4-14-29)33-26(28)27-21-7-11-23(12-8-21)30-15-17-32-18-16-30/h5-12,19H,2-4,13-18H2,1H3/b24-19-,27-26?. The molecule has 3 saturated heterocycles. The third kappa shape index (κ3) is 5.09. The van der Waals surface area contributed by atoms with Crippen LogP contribution in [0.15, 0.2) is 58.4 Å². The van der Waals surface area contributed by atoms with Crippen LogP contribution in [0.4, 0.5) is 17.1 Å². The summed E-state index contributed by atoms with van der Waals surface area (Å²) in [6.07, 6.45) is 5.83. The highest BCUT2D eigenvalue weighted by Crippen LogP contribution is 2.34. The molecule has 2 aromatic rings. The first kappa shape index (κ1) is 22.0. The lowest BCUT2D eigenvalue weighted by atomic mass is 10.1. The molecular weight excluding hydrogens is 432 g/mol. The van der Waals surface area contributed by atoms with Gasteiger partial charge in [0.2, 0.25) is 0 Å². The molecule has 172 valence electrons. The first-order chi connectivity index (χ1) is 16.2. The number of aliphatic imine (C=N–C) groups is 1. The molecule has 0 bridgehead atoms. The number of thioether (sulfide) groups is 1. The van der Waals surface area contributed by atoms with E-state index in [-0.39, 0.29) is 5.91 Å². The zero-order valence-electron chi connectivity index (χ0n) is 19.1. The number of carbonyl (C=O) groups is 1. The largest absolute Gasteiger partial charge is 0.378 e. The molecule has 0 spiro atoms. The Bertz CT molecular complexity index is 1040. The fourth-order valence-electron chi connectivity index (χ4n) is 4.41. The number of anilines is 2. The first-order valence-electron chi connectivity index (χ1n) is 11.7. The summed E-state index contributed by atoms with van der Waals surface area (Å²) < 4.78 is 5.43. The van der Waals surface area contributed by atoms with Gasteiger partial charge in [-0.2, -0.15) is 0 Å². The Balaban J connectivity index is 1.28. The Hall–Kier alpha value is -2.77. The predicted molar refractivity (Wildman–Crippen MR) is 137 cm³/mol. The fraction of sp³-hybridized carbons (Fsp3) is 0.385. The SMILES string of the molecule is CN1C(=O)/C(=C/c2ccc(N3CCCCC3)cc2)SC1=Nc1ccc(N2CCOCC2)cc1. The smallest absolute Gasteiger partial charge is 0.266 e. The van der Waals surface area contributed by atoms with Crippen molar-refractivity contribution in [3.63, 3.8) is 0 Å². The number of morpholine rings is 1. The van der Waals surface area contributed by atoms with E-state index < -0.39 is 0 Å². The number of rotatable bonds is 4. The molecule has 3 aliphatic heterocycles. The van der Waals surface area contributed by atoms with Crippen molar-refractivity contribution in [2.24, 2.45) is 4.99 Å². The van der Waals surface area contributed by atoms with E-state index in [9.17, 15) is 4.79 Å². The number of benzene rings is 2. The molecule has 0 unspecified atom stereocenters. The Morgan fingerprint density at radius 2 is 1.45 bits per heavy atom. The quantitative estimate of drug-likeness (QED) is 0.614. The summed E-state index contributed by atoms with van der Waals surface area (Å²) in [6.45, 7) is 5.62. The molecule has 0 aromatic heterocycles. The highest BCUT2D eigenvalue weighted by molar-refractivity contribution is 8.18. The van der Waals surface area contributed by atoms with Crippen molar-refractivity contribution in [3.05, 3.63) is 59.0 Å². The third-order valence-electron chi connectivity index (χ3n) is 6.37. The lowest BCUT2D eigenvalue weighted by Crippen LogP contribution is -2.36. The molecule has 2 aromatic carbocycles. The van der Waals surface area contributed by atoms with Crippen LogP contribution in [0.1, 0.15) is 24.8 Å². The summed E-state index contributed by atoms with van der Waals surface area (Å²) in [5, 5.41) is 0.704. The third-order valence-corrected chi connectivity index (χ3v) is 7.43. The topological polar surface area (TPSA) is 48.4 Å². The normalized spacial score (nSPS) is 22.0. The van der Waals surface area contributed by atoms with Gasteiger partial charge in [0.15, 0.2) is 5.17 Å². The van der Waals surface area contributed by atoms with Crippen molar-refractivity contribution in [1.29, 1.82) is 0 Å². The average Bonchev–Trinajstić information content (AvgIpc) is 3.13. The van der Waals surface area contributed by atoms with Crippen LogP contribution in [0.3, 0.4) is 0 Å². The summed E-state index contributed by atoms with van der Waals surface area (Å²) in [5.41, 5.74) is 4.33. The van der Waals surface area contributed by atoms with E-state index >= 15 is 0 Å². The number of nitrogens with zero attached hydrogens (tertiary/aromatic N) is 4. The van der Waals surface area contributed by atoms with E-state index in [0.29, 0.717) is 10.1 Å². The van der Waals surface area contributed by atoms with Crippen molar-refractivity contribution < 1.29 is 9.53 Å². The van der Waals surface area contributed by atoms with Crippen molar-refractivity contribution in [1.82, 2.24) is 4.90 Å². The average molecular weight is 463 g/mol. The molecule has 3 aliphatic rings. The molecular formula is C26H30N4O2S. The van der Waals surface area contributed by atoms with Gasteiger partial charge in [0, 0.05) is 44.6 Å². The molecule has 0 saturated carbocycles. The fourth-order valence-corrected chi connectivity index (χ4v) is 5.39. The Morgan fingerprint density at radius 3 is 2.12 bits per heavy atom. The number of hydrogen-bond acceptors (Lipinski definition) is 6. The first-order valence-corrected chi connectivity index (χ1v) is 12.5. The molecule has 7 heteroatoms. The van der Waals surface area contributed by atoms with Crippen LogP contribution >= 0.6 is 11.8 Å². The van der Waals surface area contributed by atoms with E-state index in [1.54, 1.807) is 11.9 Å². The Labute approximate surface area is 199 Å². The second kappa shape index (κ2) is 10.0. The van der Waals surface area contributed by atoms with Crippen LogP contribution in [0.25, 0.3) is 6.08 Å². The molecule has 3 heterocycles. The number of piperidine rings is 1. The van der Waals surface area contributed by atoms with Gasteiger partial charge >= 0.3 is 0 Å². The van der Waals surface area contributed by atoms with Gasteiger partial charge in [0.25, 0.3) is 5.91 Å². The van der Waals surface area contributed by atoms with Gasteiger partial charge in [-0.15, -0.1) is 0 Å². The summed E-state index contributed by atoms with van der Waals surface area (Å²) >= 11 is 1.43. The maximum absolute atomic E-state index is 12.8.